The van der Waals surface area contributed by atoms with Crippen molar-refractivity contribution in [2.75, 3.05) is 11.4 Å². The molecule has 2 fully saturated rings. The van der Waals surface area contributed by atoms with Crippen LogP contribution in [0.25, 0.3) is 0 Å². The largest absolute Gasteiger partial charge is 0.353 e. The second-order valence-electron chi connectivity index (χ2n) is 6.09. The predicted molar refractivity (Wildman–Crippen MR) is 79.2 cm³/mol. The topological polar surface area (TPSA) is 42.1 Å². The van der Waals surface area contributed by atoms with Gasteiger partial charge >= 0.3 is 0 Å². The number of hydrogen-bond acceptors (Lipinski definition) is 3. The first-order valence-corrected chi connectivity index (χ1v) is 7.73. The maximum Gasteiger partial charge on any atom is 0.133 e. The van der Waals surface area contributed by atoms with E-state index in [-0.39, 0.29) is 0 Å². The van der Waals surface area contributed by atoms with E-state index in [0.29, 0.717) is 12.6 Å². The maximum atomic E-state index is 5.91. The Morgan fingerprint density at radius 3 is 2.84 bits per heavy atom. The molecule has 3 nitrogen and oxygen atoms in total. The first-order chi connectivity index (χ1) is 9.29. The molecule has 1 aliphatic carbocycles. The van der Waals surface area contributed by atoms with E-state index in [1.807, 2.05) is 0 Å². The maximum absolute atomic E-state index is 5.91. The summed E-state index contributed by atoms with van der Waals surface area (Å²) in [5.41, 5.74) is 8.22. The van der Waals surface area contributed by atoms with Crippen molar-refractivity contribution in [1.29, 1.82) is 0 Å². The lowest BCUT2D eigenvalue weighted by Gasteiger charge is -2.45. The minimum Gasteiger partial charge on any atom is -0.353 e. The zero-order valence-electron chi connectivity index (χ0n) is 11.9. The molecule has 1 aromatic heterocycles. The molecule has 19 heavy (non-hydrogen) atoms. The van der Waals surface area contributed by atoms with Crippen LogP contribution in [0.2, 0.25) is 0 Å². The molecule has 0 bridgehead atoms. The van der Waals surface area contributed by atoms with Gasteiger partial charge < -0.3 is 10.6 Å². The lowest BCUT2D eigenvalue weighted by Crippen LogP contribution is -2.47. The van der Waals surface area contributed by atoms with Gasteiger partial charge in [0, 0.05) is 30.4 Å². The highest BCUT2D eigenvalue weighted by Crippen LogP contribution is 2.38. The Balaban J connectivity index is 1.93. The Kier molecular flexibility index (Phi) is 3.74. The first kappa shape index (κ1) is 12.9. The molecule has 2 unspecified atom stereocenters. The second kappa shape index (κ2) is 5.49. The lowest BCUT2D eigenvalue weighted by atomic mass is 9.78. The van der Waals surface area contributed by atoms with Crippen LogP contribution in [0.1, 0.15) is 49.8 Å². The average molecular weight is 259 g/mol. The normalized spacial score (nSPS) is 27.2. The summed E-state index contributed by atoms with van der Waals surface area (Å²) < 4.78 is 0. The number of nitrogens with zero attached hydrogens (tertiary/aromatic N) is 2. The number of rotatable bonds is 2. The Labute approximate surface area is 116 Å². The smallest absolute Gasteiger partial charge is 0.133 e. The molecule has 3 rings (SSSR count). The Morgan fingerprint density at radius 2 is 2.00 bits per heavy atom. The zero-order valence-corrected chi connectivity index (χ0v) is 11.9. The highest BCUT2D eigenvalue weighted by Gasteiger charge is 2.34. The number of fused-ring (bicyclic) bond motifs is 1. The monoisotopic (exact) mass is 259 g/mol. The summed E-state index contributed by atoms with van der Waals surface area (Å²) in [5.74, 6) is 2.05. The van der Waals surface area contributed by atoms with Crippen LogP contribution in [0.15, 0.2) is 12.1 Å². The number of piperidine rings is 1. The molecular formula is C16H25N3. The molecule has 0 spiro atoms. The van der Waals surface area contributed by atoms with Gasteiger partial charge in [-0.3, -0.25) is 0 Å². The molecule has 2 N–H and O–H groups in total. The minimum atomic E-state index is 0.594. The van der Waals surface area contributed by atoms with Crippen molar-refractivity contribution in [3.8, 4) is 0 Å². The van der Waals surface area contributed by atoms with E-state index in [2.05, 4.69) is 24.0 Å². The second-order valence-corrected chi connectivity index (χ2v) is 6.09. The zero-order chi connectivity index (χ0) is 13.2. The van der Waals surface area contributed by atoms with Crippen molar-refractivity contribution in [3.05, 3.63) is 23.4 Å². The van der Waals surface area contributed by atoms with Gasteiger partial charge in [-0.15, -0.1) is 0 Å². The van der Waals surface area contributed by atoms with Crippen LogP contribution in [0.3, 0.4) is 0 Å². The van der Waals surface area contributed by atoms with Crippen molar-refractivity contribution >= 4 is 5.82 Å². The van der Waals surface area contributed by atoms with Crippen LogP contribution in [0.4, 0.5) is 5.82 Å². The van der Waals surface area contributed by atoms with Crippen LogP contribution in [-0.4, -0.2) is 17.6 Å². The van der Waals surface area contributed by atoms with Crippen molar-refractivity contribution in [3.63, 3.8) is 0 Å². The predicted octanol–water partition coefficient (Wildman–Crippen LogP) is 3.01. The van der Waals surface area contributed by atoms with Gasteiger partial charge in [0.1, 0.15) is 5.82 Å². The first-order valence-electron chi connectivity index (χ1n) is 7.73. The van der Waals surface area contributed by atoms with Gasteiger partial charge in [0.2, 0.25) is 0 Å². The summed E-state index contributed by atoms with van der Waals surface area (Å²) in [6, 6.07) is 4.94. The summed E-state index contributed by atoms with van der Waals surface area (Å²) in [4.78, 5) is 7.38. The Hall–Kier alpha value is -1.09. The van der Waals surface area contributed by atoms with Crippen LogP contribution in [0, 0.1) is 12.8 Å². The third kappa shape index (κ3) is 2.48. The minimum absolute atomic E-state index is 0.594. The van der Waals surface area contributed by atoms with Gasteiger partial charge in [0.25, 0.3) is 0 Å². The lowest BCUT2D eigenvalue weighted by molar-refractivity contribution is 0.242. The molecule has 0 aromatic carbocycles. The Bertz CT molecular complexity index is 442. The summed E-state index contributed by atoms with van der Waals surface area (Å²) in [5, 5.41) is 0. The van der Waals surface area contributed by atoms with Crippen molar-refractivity contribution in [1.82, 2.24) is 4.98 Å². The molecule has 0 amide bonds. The third-order valence-electron chi connectivity index (χ3n) is 4.83. The van der Waals surface area contributed by atoms with E-state index in [0.717, 1.165) is 18.2 Å². The van der Waals surface area contributed by atoms with Crippen LogP contribution in [-0.2, 0) is 6.54 Å². The van der Waals surface area contributed by atoms with Gasteiger partial charge in [-0.2, -0.15) is 0 Å². The number of nitrogens with two attached hydrogens (primary N) is 1. The molecule has 1 saturated carbocycles. The molecule has 104 valence electrons. The highest BCUT2D eigenvalue weighted by atomic mass is 15.2. The van der Waals surface area contributed by atoms with Gasteiger partial charge in [0.05, 0.1) is 0 Å². The van der Waals surface area contributed by atoms with Crippen LogP contribution >= 0.6 is 0 Å². The molecule has 1 saturated heterocycles. The fraction of sp³-hybridized carbons (Fsp3) is 0.688. The van der Waals surface area contributed by atoms with Crippen molar-refractivity contribution in [2.24, 2.45) is 11.7 Å². The molecular weight excluding hydrogens is 234 g/mol. The summed E-state index contributed by atoms with van der Waals surface area (Å²) >= 11 is 0. The number of aryl methyl sites for hydroxylation is 1. The van der Waals surface area contributed by atoms with Crippen molar-refractivity contribution in [2.45, 2.75) is 58.0 Å². The van der Waals surface area contributed by atoms with Gasteiger partial charge in [-0.25, -0.2) is 4.98 Å². The quantitative estimate of drug-likeness (QED) is 0.887. The van der Waals surface area contributed by atoms with Gasteiger partial charge in [-0.1, -0.05) is 18.9 Å². The number of anilines is 1. The van der Waals surface area contributed by atoms with E-state index in [1.54, 1.807) is 0 Å². The fourth-order valence-electron chi connectivity index (χ4n) is 3.87. The van der Waals surface area contributed by atoms with Crippen LogP contribution in [0.5, 0.6) is 0 Å². The summed E-state index contributed by atoms with van der Waals surface area (Å²) in [7, 11) is 0. The standard InChI is InChI=1S/C16H25N3/c1-12-8-9-14(11-17)16(18-12)19-10-4-6-13-5-2-3-7-15(13)19/h8-9,13,15H,2-7,10-11,17H2,1H3. The molecule has 1 aliphatic heterocycles. The van der Waals surface area contributed by atoms with Crippen LogP contribution < -0.4 is 10.6 Å². The molecule has 2 heterocycles. The molecule has 0 radical (unpaired) electrons. The van der Waals surface area contributed by atoms with E-state index >= 15 is 0 Å². The summed E-state index contributed by atoms with van der Waals surface area (Å²) in [6.07, 6.45) is 8.25. The number of aromatic nitrogens is 1. The number of hydrogen-bond donors (Lipinski definition) is 1. The molecule has 2 aliphatic rings. The Morgan fingerprint density at radius 1 is 1.21 bits per heavy atom. The fourth-order valence-corrected chi connectivity index (χ4v) is 3.87. The molecule has 2 atom stereocenters. The van der Waals surface area contributed by atoms with Crippen molar-refractivity contribution < 1.29 is 0 Å². The van der Waals surface area contributed by atoms with E-state index in [9.17, 15) is 0 Å². The highest BCUT2D eigenvalue weighted by molar-refractivity contribution is 5.49. The molecule has 1 aromatic rings. The molecule has 3 heteroatoms. The number of pyridine rings is 1. The SMILES string of the molecule is Cc1ccc(CN)c(N2CCCC3CCCCC32)n1. The van der Waals surface area contributed by atoms with E-state index in [1.165, 1.54) is 49.9 Å². The average Bonchev–Trinajstić information content (AvgIpc) is 2.46. The van der Waals surface area contributed by atoms with Gasteiger partial charge in [0.15, 0.2) is 0 Å². The van der Waals surface area contributed by atoms with Gasteiger partial charge in [-0.05, 0) is 44.6 Å². The summed E-state index contributed by atoms with van der Waals surface area (Å²) in [6.45, 7) is 3.83. The third-order valence-corrected chi connectivity index (χ3v) is 4.83. The van der Waals surface area contributed by atoms with E-state index in [4.69, 9.17) is 10.7 Å². The van der Waals surface area contributed by atoms with E-state index < -0.39 is 0 Å².